The third-order valence-corrected chi connectivity index (χ3v) is 4.01. The van der Waals surface area contributed by atoms with Crippen molar-refractivity contribution in [3.05, 3.63) is 65.4 Å². The Morgan fingerprint density at radius 3 is 2.62 bits per heavy atom. The summed E-state index contributed by atoms with van der Waals surface area (Å²) in [6.07, 6.45) is 1.47. The van der Waals surface area contributed by atoms with Crippen LogP contribution in [0.15, 0.2) is 54.9 Å². The summed E-state index contributed by atoms with van der Waals surface area (Å²) in [7, 11) is 2.93. The molecule has 1 heterocycles. The minimum atomic E-state index is -0.484. The Hall–Kier alpha value is -3.12. The maximum Gasteiger partial charge on any atom is 0.339 e. The lowest BCUT2D eigenvalue weighted by Gasteiger charge is -2.10. The zero-order valence-electron chi connectivity index (χ0n) is 14.2. The summed E-state index contributed by atoms with van der Waals surface area (Å²) in [4.78, 5) is 20.1. The maximum absolute atomic E-state index is 11.6. The predicted octanol–water partition coefficient (Wildman–Crippen LogP) is 4.34. The number of para-hydroxylation sites is 1. The van der Waals surface area contributed by atoms with E-state index in [-0.39, 0.29) is 0 Å². The van der Waals surface area contributed by atoms with Crippen molar-refractivity contribution in [2.24, 2.45) is 0 Å². The van der Waals surface area contributed by atoms with E-state index < -0.39 is 5.97 Å². The first-order chi connectivity index (χ1) is 12.6. The highest BCUT2D eigenvalue weighted by Crippen LogP contribution is 2.30. The number of nitrogens with zero attached hydrogens (tertiary/aromatic N) is 2. The van der Waals surface area contributed by atoms with Crippen LogP contribution in [0.25, 0.3) is 11.3 Å². The molecule has 0 aliphatic carbocycles. The van der Waals surface area contributed by atoms with E-state index in [1.54, 1.807) is 31.4 Å². The monoisotopic (exact) mass is 369 g/mol. The van der Waals surface area contributed by atoms with Gasteiger partial charge in [-0.1, -0.05) is 23.7 Å². The smallest absolute Gasteiger partial charge is 0.339 e. The van der Waals surface area contributed by atoms with Crippen molar-refractivity contribution in [1.29, 1.82) is 0 Å². The molecule has 0 spiro atoms. The number of benzene rings is 2. The number of anilines is 2. The van der Waals surface area contributed by atoms with E-state index in [9.17, 15) is 4.79 Å². The number of esters is 1. The van der Waals surface area contributed by atoms with Crippen LogP contribution in [0, 0.1) is 0 Å². The summed E-state index contributed by atoms with van der Waals surface area (Å²) in [6, 6.07) is 14.4. The van der Waals surface area contributed by atoms with Gasteiger partial charge in [0.1, 0.15) is 17.9 Å². The van der Waals surface area contributed by atoms with Crippen LogP contribution in [0.5, 0.6) is 5.75 Å². The number of halogens is 1. The minimum absolute atomic E-state index is 0.292. The number of carbonyl (C=O) groups excluding carboxylic acids is 1. The van der Waals surface area contributed by atoms with Crippen LogP contribution in [-0.2, 0) is 4.74 Å². The molecule has 132 valence electrons. The van der Waals surface area contributed by atoms with Gasteiger partial charge in [-0.2, -0.15) is 0 Å². The predicted molar refractivity (Wildman–Crippen MR) is 100 cm³/mol. The highest BCUT2D eigenvalue weighted by Gasteiger charge is 2.12. The molecule has 0 amide bonds. The topological polar surface area (TPSA) is 73.3 Å². The van der Waals surface area contributed by atoms with Gasteiger partial charge >= 0.3 is 5.97 Å². The number of methoxy groups -OCH3 is 2. The fraction of sp³-hybridized carbons (Fsp3) is 0.105. The Morgan fingerprint density at radius 2 is 1.88 bits per heavy atom. The molecule has 3 aromatic rings. The summed E-state index contributed by atoms with van der Waals surface area (Å²) >= 11 is 6.15. The number of rotatable bonds is 5. The van der Waals surface area contributed by atoms with E-state index in [1.807, 2.05) is 24.3 Å². The molecule has 3 rings (SSSR count). The molecular weight excluding hydrogens is 354 g/mol. The van der Waals surface area contributed by atoms with Gasteiger partial charge in [0.25, 0.3) is 0 Å². The minimum Gasteiger partial charge on any atom is -0.496 e. The van der Waals surface area contributed by atoms with Gasteiger partial charge in [-0.05, 0) is 30.3 Å². The Balaban J connectivity index is 1.88. The zero-order chi connectivity index (χ0) is 18.5. The highest BCUT2D eigenvalue weighted by molar-refractivity contribution is 6.33. The van der Waals surface area contributed by atoms with Crippen LogP contribution < -0.4 is 10.1 Å². The van der Waals surface area contributed by atoms with Crippen molar-refractivity contribution < 1.29 is 14.3 Å². The second-order valence-electron chi connectivity index (χ2n) is 5.30. The van der Waals surface area contributed by atoms with Gasteiger partial charge in [-0.25, -0.2) is 14.8 Å². The zero-order valence-corrected chi connectivity index (χ0v) is 14.9. The highest BCUT2D eigenvalue weighted by atomic mass is 35.5. The number of ether oxygens (including phenoxy) is 2. The lowest BCUT2D eigenvalue weighted by atomic mass is 10.1. The first-order valence-corrected chi connectivity index (χ1v) is 8.10. The van der Waals surface area contributed by atoms with Gasteiger partial charge < -0.3 is 14.8 Å². The van der Waals surface area contributed by atoms with Crippen LogP contribution in [0.1, 0.15) is 10.4 Å². The summed E-state index contributed by atoms with van der Waals surface area (Å²) in [5.74, 6) is 0.826. The second kappa shape index (κ2) is 7.84. The molecule has 0 saturated heterocycles. The lowest BCUT2D eigenvalue weighted by molar-refractivity contribution is 0.0601. The van der Waals surface area contributed by atoms with Gasteiger partial charge in [0.05, 0.1) is 30.5 Å². The van der Waals surface area contributed by atoms with E-state index in [0.29, 0.717) is 22.1 Å². The van der Waals surface area contributed by atoms with E-state index in [1.165, 1.54) is 13.4 Å². The SMILES string of the molecule is COC(=O)c1ccc(Nc2cc(-c3ccccc3OC)ncn2)cc1Cl. The molecule has 0 aliphatic rings. The van der Waals surface area contributed by atoms with Crippen LogP contribution in [0.4, 0.5) is 11.5 Å². The van der Waals surface area contributed by atoms with Crippen molar-refractivity contribution in [3.8, 4) is 17.0 Å². The molecule has 2 aromatic carbocycles. The first-order valence-electron chi connectivity index (χ1n) is 7.72. The normalized spacial score (nSPS) is 10.3. The van der Waals surface area contributed by atoms with Gasteiger partial charge in [0, 0.05) is 17.3 Å². The van der Waals surface area contributed by atoms with Crippen molar-refractivity contribution >= 4 is 29.1 Å². The average molecular weight is 370 g/mol. The lowest BCUT2D eigenvalue weighted by Crippen LogP contribution is -2.03. The molecule has 0 radical (unpaired) electrons. The first kappa shape index (κ1) is 17.7. The van der Waals surface area contributed by atoms with E-state index in [4.69, 9.17) is 16.3 Å². The Morgan fingerprint density at radius 1 is 1.08 bits per heavy atom. The molecule has 7 heteroatoms. The van der Waals surface area contributed by atoms with Crippen molar-refractivity contribution in [2.75, 3.05) is 19.5 Å². The molecule has 1 N–H and O–H groups in total. The van der Waals surface area contributed by atoms with Crippen molar-refractivity contribution in [1.82, 2.24) is 9.97 Å². The fourth-order valence-corrected chi connectivity index (χ4v) is 2.70. The van der Waals surface area contributed by atoms with Gasteiger partial charge in [-0.3, -0.25) is 0 Å². The standard InChI is InChI=1S/C19H16ClN3O3/c1-25-17-6-4-3-5-14(17)16-10-18(22-11-21-16)23-12-7-8-13(15(20)9-12)19(24)26-2/h3-11H,1-2H3,(H,21,22,23). The Kier molecular flexibility index (Phi) is 5.34. The number of nitrogens with one attached hydrogen (secondary N) is 1. The molecule has 0 aliphatic heterocycles. The molecular formula is C19H16ClN3O3. The summed E-state index contributed by atoms with van der Waals surface area (Å²) in [6.45, 7) is 0. The third kappa shape index (κ3) is 3.75. The Bertz CT molecular complexity index is 947. The van der Waals surface area contributed by atoms with Gasteiger partial charge in [0.2, 0.25) is 0 Å². The van der Waals surface area contributed by atoms with Gasteiger partial charge in [0.15, 0.2) is 0 Å². The van der Waals surface area contributed by atoms with Crippen LogP contribution in [0.2, 0.25) is 5.02 Å². The Labute approximate surface area is 155 Å². The van der Waals surface area contributed by atoms with E-state index in [2.05, 4.69) is 20.0 Å². The molecule has 0 atom stereocenters. The van der Waals surface area contributed by atoms with Crippen LogP contribution in [-0.4, -0.2) is 30.2 Å². The van der Waals surface area contributed by atoms with E-state index >= 15 is 0 Å². The summed E-state index contributed by atoms with van der Waals surface area (Å²) < 4.78 is 10.1. The van der Waals surface area contributed by atoms with Crippen molar-refractivity contribution in [2.45, 2.75) is 0 Å². The number of hydrogen-bond donors (Lipinski definition) is 1. The quantitative estimate of drug-likeness (QED) is 0.674. The third-order valence-electron chi connectivity index (χ3n) is 3.70. The molecule has 0 fully saturated rings. The molecule has 0 saturated carbocycles. The number of aromatic nitrogens is 2. The second-order valence-corrected chi connectivity index (χ2v) is 5.71. The molecule has 0 bridgehead atoms. The molecule has 6 nitrogen and oxygen atoms in total. The summed E-state index contributed by atoms with van der Waals surface area (Å²) in [5.41, 5.74) is 2.57. The molecule has 0 unspecified atom stereocenters. The van der Waals surface area contributed by atoms with Gasteiger partial charge in [-0.15, -0.1) is 0 Å². The maximum atomic E-state index is 11.6. The van der Waals surface area contributed by atoms with E-state index in [0.717, 1.165) is 17.0 Å². The molecule has 26 heavy (non-hydrogen) atoms. The van der Waals surface area contributed by atoms with Crippen LogP contribution in [0.3, 0.4) is 0 Å². The fourth-order valence-electron chi connectivity index (χ4n) is 2.45. The number of hydrogen-bond acceptors (Lipinski definition) is 6. The molecule has 1 aromatic heterocycles. The van der Waals surface area contributed by atoms with Crippen molar-refractivity contribution in [3.63, 3.8) is 0 Å². The average Bonchev–Trinajstić information content (AvgIpc) is 2.67. The van der Waals surface area contributed by atoms with Crippen LogP contribution >= 0.6 is 11.6 Å². The largest absolute Gasteiger partial charge is 0.496 e. The summed E-state index contributed by atoms with van der Waals surface area (Å²) in [5, 5.41) is 3.44. The number of carbonyl (C=O) groups is 1.